The number of amides is 1. The van der Waals surface area contributed by atoms with Crippen LogP contribution in [0.5, 0.6) is 0 Å². The fraction of sp³-hybridized carbons (Fsp3) is 0.667. The Morgan fingerprint density at radius 1 is 1.50 bits per heavy atom. The predicted octanol–water partition coefficient (Wildman–Crippen LogP) is 2.13. The number of morpholine rings is 1. The maximum atomic E-state index is 12.6. The highest BCUT2D eigenvalue weighted by Crippen LogP contribution is 2.34. The molecule has 20 heavy (non-hydrogen) atoms. The lowest BCUT2D eigenvalue weighted by Crippen LogP contribution is -2.49. The fourth-order valence-corrected chi connectivity index (χ4v) is 3.98. The molecule has 0 radical (unpaired) electrons. The summed E-state index contributed by atoms with van der Waals surface area (Å²) in [6, 6.07) is 4.87. The molecule has 5 heteroatoms. The average Bonchev–Trinajstić information content (AvgIpc) is 3.11. The molecule has 0 spiro atoms. The van der Waals surface area contributed by atoms with Crippen LogP contribution in [0.25, 0.3) is 0 Å². The molecular weight excluding hydrogens is 272 g/mol. The van der Waals surface area contributed by atoms with Crippen molar-refractivity contribution in [3.05, 3.63) is 22.4 Å². The van der Waals surface area contributed by atoms with Crippen molar-refractivity contribution in [2.24, 2.45) is 0 Å². The summed E-state index contributed by atoms with van der Waals surface area (Å²) in [4.78, 5) is 18.3. The van der Waals surface area contributed by atoms with Crippen LogP contribution < -0.4 is 0 Å². The van der Waals surface area contributed by atoms with Crippen molar-refractivity contribution < 1.29 is 9.53 Å². The van der Waals surface area contributed by atoms with Crippen LogP contribution in [0.3, 0.4) is 0 Å². The fourth-order valence-electron chi connectivity index (χ4n) is 3.10. The summed E-state index contributed by atoms with van der Waals surface area (Å²) in [6.45, 7) is 5.91. The highest BCUT2D eigenvalue weighted by Gasteiger charge is 2.32. The molecule has 0 aliphatic carbocycles. The minimum absolute atomic E-state index is 0.273. The van der Waals surface area contributed by atoms with Crippen molar-refractivity contribution in [2.45, 2.75) is 31.8 Å². The molecular formula is C15H22N2O2S. The van der Waals surface area contributed by atoms with Crippen molar-refractivity contribution >= 4 is 17.2 Å². The third-order valence-corrected chi connectivity index (χ3v) is 5.26. The molecule has 0 aromatic carbocycles. The molecule has 3 heterocycles. The molecule has 2 saturated heterocycles. The first-order valence-corrected chi connectivity index (χ1v) is 8.28. The maximum Gasteiger partial charge on any atom is 0.237 e. The van der Waals surface area contributed by atoms with Gasteiger partial charge in [0.2, 0.25) is 5.91 Å². The van der Waals surface area contributed by atoms with E-state index >= 15 is 0 Å². The highest BCUT2D eigenvalue weighted by molar-refractivity contribution is 7.10. The van der Waals surface area contributed by atoms with Gasteiger partial charge in [0.05, 0.1) is 25.8 Å². The molecule has 2 fully saturated rings. The lowest BCUT2D eigenvalue weighted by molar-refractivity contribution is -0.135. The van der Waals surface area contributed by atoms with Crippen molar-refractivity contribution in [3.8, 4) is 0 Å². The van der Waals surface area contributed by atoms with Gasteiger partial charge in [-0.15, -0.1) is 11.3 Å². The van der Waals surface area contributed by atoms with E-state index in [4.69, 9.17) is 4.74 Å². The van der Waals surface area contributed by atoms with E-state index < -0.39 is 0 Å². The van der Waals surface area contributed by atoms with E-state index in [0.29, 0.717) is 18.6 Å². The Morgan fingerprint density at radius 3 is 3.15 bits per heavy atom. The molecule has 1 aromatic heterocycles. The van der Waals surface area contributed by atoms with E-state index in [1.807, 2.05) is 0 Å². The quantitative estimate of drug-likeness (QED) is 0.856. The SMILES string of the molecule is C[C@@H]1COCCN1CC(=O)N1CCC[C@@H]1c1cccs1. The lowest BCUT2D eigenvalue weighted by atomic mass is 10.2. The first kappa shape index (κ1) is 14.0. The molecule has 2 atom stereocenters. The van der Waals surface area contributed by atoms with Crippen LogP contribution >= 0.6 is 11.3 Å². The smallest absolute Gasteiger partial charge is 0.237 e. The Morgan fingerprint density at radius 2 is 2.40 bits per heavy atom. The number of carbonyl (C=O) groups is 1. The second-order valence-electron chi connectivity index (χ2n) is 5.65. The minimum Gasteiger partial charge on any atom is -0.379 e. The van der Waals surface area contributed by atoms with Crippen LogP contribution in [0.1, 0.15) is 30.7 Å². The number of likely N-dealkylation sites (tertiary alicyclic amines) is 1. The van der Waals surface area contributed by atoms with E-state index in [-0.39, 0.29) is 5.91 Å². The zero-order valence-electron chi connectivity index (χ0n) is 12.0. The number of rotatable bonds is 3. The third kappa shape index (κ3) is 2.90. The topological polar surface area (TPSA) is 32.8 Å². The van der Waals surface area contributed by atoms with Gasteiger partial charge in [0, 0.05) is 24.0 Å². The van der Waals surface area contributed by atoms with Crippen LogP contribution in [-0.2, 0) is 9.53 Å². The van der Waals surface area contributed by atoms with Gasteiger partial charge in [-0.3, -0.25) is 9.69 Å². The second kappa shape index (κ2) is 6.24. The summed E-state index contributed by atoms with van der Waals surface area (Å²) in [5.74, 6) is 0.273. The predicted molar refractivity (Wildman–Crippen MR) is 79.9 cm³/mol. The first-order chi connectivity index (χ1) is 9.75. The van der Waals surface area contributed by atoms with E-state index in [0.717, 1.165) is 39.1 Å². The van der Waals surface area contributed by atoms with Crippen LogP contribution in [0.2, 0.25) is 0 Å². The van der Waals surface area contributed by atoms with Crippen molar-refractivity contribution in [1.82, 2.24) is 9.80 Å². The van der Waals surface area contributed by atoms with Crippen molar-refractivity contribution in [3.63, 3.8) is 0 Å². The summed E-state index contributed by atoms with van der Waals surface area (Å²) in [5, 5.41) is 2.10. The van der Waals surface area contributed by atoms with Crippen LogP contribution in [-0.4, -0.2) is 54.6 Å². The van der Waals surface area contributed by atoms with E-state index in [1.54, 1.807) is 11.3 Å². The van der Waals surface area contributed by atoms with Gasteiger partial charge < -0.3 is 9.64 Å². The second-order valence-corrected chi connectivity index (χ2v) is 6.63. The Balaban J connectivity index is 1.64. The monoisotopic (exact) mass is 294 g/mol. The summed E-state index contributed by atoms with van der Waals surface area (Å²) in [7, 11) is 0. The molecule has 4 nitrogen and oxygen atoms in total. The van der Waals surface area contributed by atoms with Crippen molar-refractivity contribution in [1.29, 1.82) is 0 Å². The molecule has 0 bridgehead atoms. The van der Waals surface area contributed by atoms with Gasteiger partial charge in [-0.05, 0) is 31.2 Å². The number of carbonyl (C=O) groups excluding carboxylic acids is 1. The van der Waals surface area contributed by atoms with Crippen LogP contribution in [0.15, 0.2) is 17.5 Å². The largest absolute Gasteiger partial charge is 0.379 e. The van der Waals surface area contributed by atoms with E-state index in [9.17, 15) is 4.79 Å². The van der Waals surface area contributed by atoms with E-state index in [1.165, 1.54) is 4.88 Å². The average molecular weight is 294 g/mol. The molecule has 1 aromatic rings. The summed E-state index contributed by atoms with van der Waals surface area (Å²) in [5.41, 5.74) is 0. The van der Waals surface area contributed by atoms with Crippen molar-refractivity contribution in [2.75, 3.05) is 32.8 Å². The summed E-state index contributed by atoms with van der Waals surface area (Å²) in [6.07, 6.45) is 2.22. The number of nitrogens with zero attached hydrogens (tertiary/aromatic N) is 2. The van der Waals surface area contributed by atoms with Gasteiger partial charge in [0.15, 0.2) is 0 Å². The van der Waals surface area contributed by atoms with E-state index in [2.05, 4.69) is 34.2 Å². The summed E-state index contributed by atoms with van der Waals surface area (Å²) >= 11 is 1.76. The molecule has 110 valence electrons. The molecule has 2 aliphatic rings. The first-order valence-electron chi connectivity index (χ1n) is 7.40. The Labute approximate surface area is 124 Å². The Bertz CT molecular complexity index is 449. The number of ether oxygens (including phenoxy) is 1. The minimum atomic E-state index is 0.273. The number of thiophene rings is 1. The zero-order valence-corrected chi connectivity index (χ0v) is 12.8. The van der Waals surface area contributed by atoms with Crippen LogP contribution in [0, 0.1) is 0 Å². The standard InChI is InChI=1S/C15H22N2O2S/c1-12-11-19-8-7-16(12)10-15(18)17-6-2-4-13(17)14-5-3-9-20-14/h3,5,9,12-13H,2,4,6-8,10-11H2,1H3/t12-,13-/m1/s1. The zero-order chi connectivity index (χ0) is 13.9. The van der Waals surface area contributed by atoms with Gasteiger partial charge >= 0.3 is 0 Å². The molecule has 0 unspecified atom stereocenters. The number of hydrogen-bond donors (Lipinski definition) is 0. The van der Waals surface area contributed by atoms with Gasteiger partial charge in [-0.2, -0.15) is 0 Å². The molecule has 2 aliphatic heterocycles. The Kier molecular flexibility index (Phi) is 4.38. The molecule has 3 rings (SSSR count). The van der Waals surface area contributed by atoms with Gasteiger partial charge in [0.1, 0.15) is 0 Å². The maximum absolute atomic E-state index is 12.6. The van der Waals surface area contributed by atoms with Crippen LogP contribution in [0.4, 0.5) is 0 Å². The Hall–Kier alpha value is -0.910. The normalized spacial score (nSPS) is 27.9. The third-order valence-electron chi connectivity index (χ3n) is 4.29. The molecule has 0 N–H and O–H groups in total. The molecule has 0 saturated carbocycles. The van der Waals surface area contributed by atoms with Gasteiger partial charge in [-0.25, -0.2) is 0 Å². The lowest BCUT2D eigenvalue weighted by Gasteiger charge is -2.34. The van der Waals surface area contributed by atoms with Gasteiger partial charge in [0.25, 0.3) is 0 Å². The van der Waals surface area contributed by atoms with Gasteiger partial charge in [-0.1, -0.05) is 6.07 Å². The number of hydrogen-bond acceptors (Lipinski definition) is 4. The summed E-state index contributed by atoms with van der Waals surface area (Å²) < 4.78 is 5.43. The highest BCUT2D eigenvalue weighted by atomic mass is 32.1. The molecule has 1 amide bonds.